The molecule has 0 aliphatic carbocycles. The van der Waals surface area contributed by atoms with E-state index in [1.54, 1.807) is 13.8 Å². The molecule has 0 aliphatic heterocycles. The molecule has 0 fully saturated rings. The van der Waals surface area contributed by atoms with Gasteiger partial charge in [-0.15, -0.1) is 0 Å². The number of carboxylic acid groups (broad SMARTS) is 1. The first-order valence-electron chi connectivity index (χ1n) is 6.70. The molecule has 0 spiro atoms. The Morgan fingerprint density at radius 3 is 2.48 bits per heavy atom. The predicted octanol–water partition coefficient (Wildman–Crippen LogP) is 1.81. The molecule has 0 amide bonds. The highest BCUT2D eigenvalue weighted by Crippen LogP contribution is 2.14. The molecule has 1 unspecified atom stereocenters. The van der Waals surface area contributed by atoms with Gasteiger partial charge < -0.3 is 5.11 Å². The third kappa shape index (κ3) is 4.64. The van der Waals surface area contributed by atoms with Gasteiger partial charge in [-0.25, -0.2) is 8.42 Å². The van der Waals surface area contributed by atoms with Crippen molar-refractivity contribution in [2.75, 3.05) is 0 Å². The standard InChI is InChI=1S/C14H19NO5S/c1-3-6-12(14(17)18)15-21(19,20)11-8-5-7-10(9-11)13(16)4-2/h5,7-9,12,15H,3-4,6H2,1-2H3,(H,17,18). The van der Waals surface area contributed by atoms with Crippen molar-refractivity contribution in [3.05, 3.63) is 29.8 Å². The van der Waals surface area contributed by atoms with Gasteiger partial charge in [0.2, 0.25) is 10.0 Å². The largest absolute Gasteiger partial charge is 0.480 e. The average molecular weight is 313 g/mol. The second-order valence-electron chi connectivity index (χ2n) is 4.61. The van der Waals surface area contributed by atoms with Crippen LogP contribution in [-0.2, 0) is 14.8 Å². The molecule has 116 valence electrons. The molecule has 0 aromatic heterocycles. The van der Waals surface area contributed by atoms with Crippen molar-refractivity contribution in [1.82, 2.24) is 4.72 Å². The molecule has 1 atom stereocenters. The quantitative estimate of drug-likeness (QED) is 0.713. The molecule has 0 aliphatic rings. The van der Waals surface area contributed by atoms with Crippen LogP contribution in [0.1, 0.15) is 43.5 Å². The minimum Gasteiger partial charge on any atom is -0.480 e. The summed E-state index contributed by atoms with van der Waals surface area (Å²) in [6.07, 6.45) is 1.00. The highest BCUT2D eigenvalue weighted by molar-refractivity contribution is 7.89. The van der Waals surface area contributed by atoms with Crippen molar-refractivity contribution in [2.45, 2.75) is 44.0 Å². The van der Waals surface area contributed by atoms with Crippen molar-refractivity contribution >= 4 is 21.8 Å². The zero-order valence-corrected chi connectivity index (χ0v) is 12.8. The number of carbonyl (C=O) groups is 2. The van der Waals surface area contributed by atoms with Crippen molar-refractivity contribution in [1.29, 1.82) is 0 Å². The summed E-state index contributed by atoms with van der Waals surface area (Å²) in [4.78, 5) is 22.5. The number of hydrogen-bond acceptors (Lipinski definition) is 4. The Bertz CT molecular complexity index is 624. The number of nitrogens with one attached hydrogen (secondary N) is 1. The van der Waals surface area contributed by atoms with Crippen molar-refractivity contribution in [3.63, 3.8) is 0 Å². The van der Waals surface area contributed by atoms with E-state index in [2.05, 4.69) is 4.72 Å². The lowest BCUT2D eigenvalue weighted by Gasteiger charge is -2.14. The van der Waals surface area contributed by atoms with Gasteiger partial charge in [-0.05, 0) is 18.6 Å². The fraction of sp³-hybridized carbons (Fsp3) is 0.429. The molecule has 0 radical (unpaired) electrons. The monoisotopic (exact) mass is 313 g/mol. The molecule has 21 heavy (non-hydrogen) atoms. The number of Topliss-reactive ketones (excluding diaryl/α,β-unsaturated/α-hetero) is 1. The van der Waals surface area contributed by atoms with E-state index in [0.717, 1.165) is 0 Å². The summed E-state index contributed by atoms with van der Waals surface area (Å²) in [5.41, 5.74) is 0.294. The molecule has 0 saturated carbocycles. The van der Waals surface area contributed by atoms with Crippen LogP contribution >= 0.6 is 0 Å². The predicted molar refractivity (Wildman–Crippen MR) is 77.7 cm³/mol. The fourth-order valence-corrected chi connectivity index (χ4v) is 3.09. The number of hydrogen-bond donors (Lipinski definition) is 2. The van der Waals surface area contributed by atoms with Gasteiger partial charge in [-0.3, -0.25) is 9.59 Å². The lowest BCUT2D eigenvalue weighted by Crippen LogP contribution is -2.40. The molecule has 0 heterocycles. The molecule has 1 aromatic carbocycles. The maximum atomic E-state index is 12.2. The Morgan fingerprint density at radius 1 is 1.29 bits per heavy atom. The molecule has 6 nitrogen and oxygen atoms in total. The number of aliphatic carboxylic acids is 1. The van der Waals surface area contributed by atoms with Gasteiger partial charge in [0, 0.05) is 12.0 Å². The van der Waals surface area contributed by atoms with Crippen molar-refractivity contribution in [3.8, 4) is 0 Å². The van der Waals surface area contributed by atoms with E-state index < -0.39 is 22.0 Å². The lowest BCUT2D eigenvalue weighted by molar-refractivity contribution is -0.139. The smallest absolute Gasteiger partial charge is 0.321 e. The van der Waals surface area contributed by atoms with Crippen LogP contribution in [0.15, 0.2) is 29.2 Å². The van der Waals surface area contributed by atoms with Gasteiger partial charge in [0.25, 0.3) is 0 Å². The summed E-state index contributed by atoms with van der Waals surface area (Å²) < 4.78 is 26.6. The third-order valence-corrected chi connectivity index (χ3v) is 4.43. The summed E-state index contributed by atoms with van der Waals surface area (Å²) >= 11 is 0. The van der Waals surface area contributed by atoms with E-state index in [-0.39, 0.29) is 23.5 Å². The zero-order valence-electron chi connectivity index (χ0n) is 12.0. The highest BCUT2D eigenvalue weighted by atomic mass is 32.2. The summed E-state index contributed by atoms with van der Waals surface area (Å²) in [6, 6.07) is 4.42. The lowest BCUT2D eigenvalue weighted by atomic mass is 10.1. The SMILES string of the molecule is CCCC(NS(=O)(=O)c1cccc(C(=O)CC)c1)C(=O)O. The van der Waals surface area contributed by atoms with E-state index in [0.29, 0.717) is 12.0 Å². The molecule has 2 N–H and O–H groups in total. The Hall–Kier alpha value is -1.73. The van der Waals surface area contributed by atoms with Crippen LogP contribution in [0, 0.1) is 0 Å². The topological polar surface area (TPSA) is 101 Å². The molecular formula is C14H19NO5S. The molecule has 1 rings (SSSR count). The number of carboxylic acids is 1. The Balaban J connectivity index is 3.07. The first-order valence-corrected chi connectivity index (χ1v) is 8.18. The van der Waals surface area contributed by atoms with E-state index >= 15 is 0 Å². The first kappa shape index (κ1) is 17.3. The zero-order chi connectivity index (χ0) is 16.0. The molecule has 0 bridgehead atoms. The average Bonchev–Trinajstić information content (AvgIpc) is 2.45. The maximum absolute atomic E-state index is 12.2. The van der Waals surface area contributed by atoms with Crippen LogP contribution in [0.4, 0.5) is 0 Å². The molecule has 0 saturated heterocycles. The van der Waals surface area contributed by atoms with Gasteiger partial charge in [0.15, 0.2) is 5.78 Å². The summed E-state index contributed by atoms with van der Waals surface area (Å²) in [5.74, 6) is -1.39. The molecule has 1 aromatic rings. The minimum atomic E-state index is -3.97. The Morgan fingerprint density at radius 2 is 1.95 bits per heavy atom. The van der Waals surface area contributed by atoms with Crippen LogP contribution in [0.2, 0.25) is 0 Å². The van der Waals surface area contributed by atoms with Crippen molar-refractivity contribution in [2.24, 2.45) is 0 Å². The van der Waals surface area contributed by atoms with E-state index in [4.69, 9.17) is 5.11 Å². The first-order chi connectivity index (χ1) is 9.81. The third-order valence-electron chi connectivity index (χ3n) is 2.96. The van der Waals surface area contributed by atoms with Gasteiger partial charge >= 0.3 is 5.97 Å². The summed E-state index contributed by atoms with van der Waals surface area (Å²) in [5, 5.41) is 9.01. The number of carbonyl (C=O) groups excluding carboxylic acids is 1. The summed E-state index contributed by atoms with van der Waals surface area (Å²) in [7, 11) is -3.97. The van der Waals surface area contributed by atoms with Crippen LogP contribution in [0.25, 0.3) is 0 Å². The van der Waals surface area contributed by atoms with Gasteiger partial charge in [-0.1, -0.05) is 32.4 Å². The molecular weight excluding hydrogens is 294 g/mol. The summed E-state index contributed by atoms with van der Waals surface area (Å²) in [6.45, 7) is 3.45. The van der Waals surface area contributed by atoms with E-state index in [1.807, 2.05) is 0 Å². The number of rotatable bonds is 8. The van der Waals surface area contributed by atoms with Crippen molar-refractivity contribution < 1.29 is 23.1 Å². The van der Waals surface area contributed by atoms with Crippen LogP contribution in [0.3, 0.4) is 0 Å². The second-order valence-corrected chi connectivity index (χ2v) is 6.32. The Kier molecular flexibility index (Phi) is 6.04. The molecule has 7 heteroatoms. The maximum Gasteiger partial charge on any atom is 0.321 e. The van der Waals surface area contributed by atoms with Crippen LogP contribution in [-0.4, -0.2) is 31.3 Å². The van der Waals surface area contributed by atoms with E-state index in [1.165, 1.54) is 24.3 Å². The van der Waals surface area contributed by atoms with E-state index in [9.17, 15) is 18.0 Å². The Labute approximate surface area is 124 Å². The van der Waals surface area contributed by atoms with Crippen LogP contribution < -0.4 is 4.72 Å². The highest BCUT2D eigenvalue weighted by Gasteiger charge is 2.25. The number of sulfonamides is 1. The number of ketones is 1. The van der Waals surface area contributed by atoms with Gasteiger partial charge in [0.05, 0.1) is 4.90 Å². The van der Waals surface area contributed by atoms with Gasteiger partial charge in [0.1, 0.15) is 6.04 Å². The number of benzene rings is 1. The van der Waals surface area contributed by atoms with Crippen LogP contribution in [0.5, 0.6) is 0 Å². The fourth-order valence-electron chi connectivity index (χ4n) is 1.82. The second kappa shape index (κ2) is 7.33. The minimum absolute atomic E-state index is 0.107. The normalized spacial score (nSPS) is 12.9. The van der Waals surface area contributed by atoms with Gasteiger partial charge in [-0.2, -0.15) is 4.72 Å².